The number of furan rings is 2. The largest absolute Gasteiger partial charge is 0.452 e. The van der Waals surface area contributed by atoms with Gasteiger partial charge in [-0.05, 0) is 99.1 Å². The van der Waals surface area contributed by atoms with Gasteiger partial charge in [0, 0.05) is 17.1 Å². The molecule has 0 saturated carbocycles. The van der Waals surface area contributed by atoms with Crippen molar-refractivity contribution in [2.75, 3.05) is 4.90 Å². The van der Waals surface area contributed by atoms with E-state index in [4.69, 9.17) is 8.83 Å². The van der Waals surface area contributed by atoms with E-state index < -0.39 is 5.41 Å². The topological polar surface area (TPSA) is 29.5 Å². The Bertz CT molecular complexity index is 2950. The van der Waals surface area contributed by atoms with Gasteiger partial charge in [-0.2, -0.15) is 0 Å². The molecule has 10 aromatic rings. The molecule has 0 atom stereocenters. The van der Waals surface area contributed by atoms with Crippen LogP contribution in [0.1, 0.15) is 22.3 Å². The lowest BCUT2D eigenvalue weighted by atomic mass is 9.67. The first-order valence-corrected chi connectivity index (χ1v) is 18.4. The van der Waals surface area contributed by atoms with E-state index in [9.17, 15) is 0 Å². The van der Waals surface area contributed by atoms with E-state index in [0.29, 0.717) is 0 Å². The third kappa shape index (κ3) is 4.49. The molecule has 8 aromatic carbocycles. The summed E-state index contributed by atoms with van der Waals surface area (Å²) in [5.41, 5.74) is 16.0. The lowest BCUT2D eigenvalue weighted by molar-refractivity contribution is 0.653. The van der Waals surface area contributed by atoms with Crippen molar-refractivity contribution in [2.24, 2.45) is 0 Å². The average molecular weight is 692 g/mol. The second kappa shape index (κ2) is 12.0. The minimum Gasteiger partial charge on any atom is -0.452 e. The van der Waals surface area contributed by atoms with Gasteiger partial charge < -0.3 is 13.7 Å². The van der Waals surface area contributed by atoms with E-state index in [1.54, 1.807) is 0 Å². The number of hydrogen-bond donors (Lipinski definition) is 0. The van der Waals surface area contributed by atoms with E-state index >= 15 is 0 Å². The standard InChI is InChI=1S/C51H33NO2/c1-3-15-36(16-4-1)51(45-23-10-7-20-41(45)42-21-8-11-24-46(42)51)37-28-26-34(27-29-37)35-14-13-19-39(32-35)52(38-17-5-2-6-18-38)40-30-31-48-44(33-40)50-49(54-48)43-22-9-12-25-47(43)53-50/h1-33H. The van der Waals surface area contributed by atoms with Crippen molar-refractivity contribution in [3.63, 3.8) is 0 Å². The monoisotopic (exact) mass is 691 g/mol. The van der Waals surface area contributed by atoms with Gasteiger partial charge in [0.25, 0.3) is 0 Å². The van der Waals surface area contributed by atoms with Crippen LogP contribution in [0.5, 0.6) is 0 Å². The van der Waals surface area contributed by atoms with Crippen molar-refractivity contribution in [2.45, 2.75) is 5.41 Å². The second-order valence-electron chi connectivity index (χ2n) is 14.0. The van der Waals surface area contributed by atoms with Gasteiger partial charge in [-0.1, -0.05) is 146 Å². The van der Waals surface area contributed by atoms with Crippen LogP contribution in [0.15, 0.2) is 209 Å². The summed E-state index contributed by atoms with van der Waals surface area (Å²) in [7, 11) is 0. The lowest BCUT2D eigenvalue weighted by Gasteiger charge is -2.34. The molecule has 1 aliphatic carbocycles. The fourth-order valence-corrected chi connectivity index (χ4v) is 8.81. The van der Waals surface area contributed by atoms with Gasteiger partial charge in [0.15, 0.2) is 11.2 Å². The Balaban J connectivity index is 1.03. The van der Waals surface area contributed by atoms with Crippen LogP contribution < -0.4 is 4.90 Å². The number of hydrogen-bond acceptors (Lipinski definition) is 3. The Hall–Kier alpha value is -7.10. The SMILES string of the molecule is c1ccc(N(c2cccc(-c3ccc(C4(c5ccccc5)c5ccccc5-c5ccccc54)cc3)c2)c2ccc3oc4c5ccccc5oc4c3c2)cc1. The zero-order valence-electron chi connectivity index (χ0n) is 29.3. The van der Waals surface area contributed by atoms with Crippen LogP contribution >= 0.6 is 0 Å². The smallest absolute Gasteiger partial charge is 0.181 e. The predicted molar refractivity (Wildman–Crippen MR) is 221 cm³/mol. The van der Waals surface area contributed by atoms with Crippen molar-refractivity contribution in [1.82, 2.24) is 0 Å². The third-order valence-corrected chi connectivity index (χ3v) is 11.2. The molecular weight excluding hydrogens is 659 g/mol. The van der Waals surface area contributed by atoms with Crippen LogP contribution in [0.4, 0.5) is 17.1 Å². The Kier molecular flexibility index (Phi) is 6.77. The molecule has 0 saturated heterocycles. The van der Waals surface area contributed by atoms with Crippen LogP contribution in [0.2, 0.25) is 0 Å². The summed E-state index contributed by atoms with van der Waals surface area (Å²) in [5, 5.41) is 1.94. The molecule has 0 unspecified atom stereocenters. The van der Waals surface area contributed by atoms with Gasteiger partial charge in [0.2, 0.25) is 0 Å². The first-order chi connectivity index (χ1) is 26.8. The zero-order chi connectivity index (χ0) is 35.6. The fraction of sp³-hybridized carbons (Fsp3) is 0.0196. The van der Waals surface area contributed by atoms with Gasteiger partial charge >= 0.3 is 0 Å². The minimum atomic E-state index is -0.421. The molecule has 11 rings (SSSR count). The predicted octanol–water partition coefficient (Wildman–Crippen LogP) is 13.8. The van der Waals surface area contributed by atoms with Crippen molar-refractivity contribution in [1.29, 1.82) is 0 Å². The summed E-state index contributed by atoms with van der Waals surface area (Å²) >= 11 is 0. The Labute approximate surface area is 313 Å². The minimum absolute atomic E-state index is 0.421. The molecule has 1 aliphatic rings. The third-order valence-electron chi connectivity index (χ3n) is 11.2. The Morgan fingerprint density at radius 2 is 0.907 bits per heavy atom. The Morgan fingerprint density at radius 1 is 0.352 bits per heavy atom. The van der Waals surface area contributed by atoms with Crippen LogP contribution in [-0.4, -0.2) is 0 Å². The summed E-state index contributed by atoms with van der Waals surface area (Å²) in [5.74, 6) is 0. The molecule has 0 fully saturated rings. The van der Waals surface area contributed by atoms with Crippen molar-refractivity contribution >= 4 is 50.2 Å². The molecule has 2 heterocycles. The summed E-state index contributed by atoms with van der Waals surface area (Å²) < 4.78 is 12.7. The molecule has 2 aromatic heterocycles. The maximum absolute atomic E-state index is 6.34. The molecule has 254 valence electrons. The first-order valence-electron chi connectivity index (χ1n) is 18.4. The van der Waals surface area contributed by atoms with Crippen molar-refractivity contribution < 1.29 is 8.83 Å². The average Bonchev–Trinajstić information content (AvgIpc) is 3.89. The fourth-order valence-electron chi connectivity index (χ4n) is 8.81. The highest BCUT2D eigenvalue weighted by Crippen LogP contribution is 2.56. The molecule has 54 heavy (non-hydrogen) atoms. The van der Waals surface area contributed by atoms with Gasteiger partial charge in [-0.3, -0.25) is 0 Å². The molecule has 0 amide bonds. The van der Waals surface area contributed by atoms with Crippen LogP contribution in [0, 0.1) is 0 Å². The summed E-state index contributed by atoms with van der Waals surface area (Å²) in [6.45, 7) is 0. The second-order valence-corrected chi connectivity index (χ2v) is 14.0. The number of anilines is 3. The van der Waals surface area contributed by atoms with E-state index in [1.807, 2.05) is 24.3 Å². The highest BCUT2D eigenvalue weighted by molar-refractivity contribution is 6.13. The summed E-state index contributed by atoms with van der Waals surface area (Å²) in [6.07, 6.45) is 0. The zero-order valence-corrected chi connectivity index (χ0v) is 29.3. The molecule has 3 heteroatoms. The van der Waals surface area contributed by atoms with Crippen LogP contribution in [-0.2, 0) is 5.41 Å². The van der Waals surface area contributed by atoms with E-state index in [-0.39, 0.29) is 0 Å². The highest BCUT2D eigenvalue weighted by atomic mass is 16.4. The summed E-state index contributed by atoms with van der Waals surface area (Å²) in [4.78, 5) is 2.30. The van der Waals surface area contributed by atoms with E-state index in [0.717, 1.165) is 61.3 Å². The lowest BCUT2D eigenvalue weighted by Crippen LogP contribution is -2.28. The normalized spacial score (nSPS) is 13.0. The Morgan fingerprint density at radius 3 is 1.65 bits per heavy atom. The van der Waals surface area contributed by atoms with Crippen molar-refractivity contribution in [3.8, 4) is 22.3 Å². The van der Waals surface area contributed by atoms with Crippen LogP contribution in [0.25, 0.3) is 55.4 Å². The van der Waals surface area contributed by atoms with Gasteiger partial charge in [0.1, 0.15) is 11.2 Å². The molecule has 0 aliphatic heterocycles. The quantitative estimate of drug-likeness (QED) is 0.174. The summed E-state index contributed by atoms with van der Waals surface area (Å²) in [6, 6.07) is 71.7. The number of para-hydroxylation sites is 2. The molecule has 0 bridgehead atoms. The van der Waals surface area contributed by atoms with Gasteiger partial charge in [-0.15, -0.1) is 0 Å². The van der Waals surface area contributed by atoms with E-state index in [1.165, 1.54) is 33.4 Å². The van der Waals surface area contributed by atoms with Gasteiger partial charge in [-0.25, -0.2) is 0 Å². The molecule has 0 radical (unpaired) electrons. The molecule has 0 N–H and O–H groups in total. The maximum Gasteiger partial charge on any atom is 0.181 e. The van der Waals surface area contributed by atoms with Gasteiger partial charge in [0.05, 0.1) is 16.2 Å². The first kappa shape index (κ1) is 30.5. The number of benzene rings is 8. The number of rotatable bonds is 6. The molecule has 0 spiro atoms. The molecule has 3 nitrogen and oxygen atoms in total. The van der Waals surface area contributed by atoms with Crippen LogP contribution in [0.3, 0.4) is 0 Å². The highest BCUT2D eigenvalue weighted by Gasteiger charge is 2.45. The maximum atomic E-state index is 6.34. The van der Waals surface area contributed by atoms with E-state index in [2.05, 4.69) is 181 Å². The number of nitrogens with zero attached hydrogens (tertiary/aromatic N) is 1. The molecular formula is C51H33NO2. The number of fused-ring (bicyclic) bond motifs is 8. The van der Waals surface area contributed by atoms with Crippen molar-refractivity contribution in [3.05, 3.63) is 222 Å².